The molecule has 0 saturated carbocycles. The number of hydrogen-bond acceptors (Lipinski definition) is 10. The van der Waals surface area contributed by atoms with Gasteiger partial charge < -0.3 is 28.6 Å². The lowest BCUT2D eigenvalue weighted by Crippen LogP contribution is -2.65. The van der Waals surface area contributed by atoms with Crippen LogP contribution >= 0.6 is 0 Å². The van der Waals surface area contributed by atoms with Crippen LogP contribution in [0.2, 0.25) is 0 Å². The summed E-state index contributed by atoms with van der Waals surface area (Å²) in [6.45, 7) is 9.05. The maximum atomic E-state index is 12.9. The molecule has 1 saturated heterocycles. The van der Waals surface area contributed by atoms with Crippen LogP contribution in [0.3, 0.4) is 0 Å². The van der Waals surface area contributed by atoms with Crippen molar-refractivity contribution in [3.63, 3.8) is 0 Å². The Hall–Kier alpha value is -3.54. The molecule has 0 bridgehead atoms. The molecule has 0 N–H and O–H groups in total. The number of aromatic nitrogens is 1. The zero-order valence-electron chi connectivity index (χ0n) is 21.3. The highest BCUT2D eigenvalue weighted by Crippen LogP contribution is 2.32. The predicted octanol–water partition coefficient (Wildman–Crippen LogP) is 0.712. The molecular formula is C24H33N2O10+. The molecule has 1 aliphatic rings. The van der Waals surface area contributed by atoms with Gasteiger partial charge in [0.2, 0.25) is 6.10 Å². The molecule has 12 nitrogen and oxygen atoms in total. The summed E-state index contributed by atoms with van der Waals surface area (Å²) in [5, 5.41) is 0. The third-order valence-electron chi connectivity index (χ3n) is 5.38. The van der Waals surface area contributed by atoms with Crippen LogP contribution in [0, 0.1) is 0 Å². The zero-order chi connectivity index (χ0) is 27.0. The van der Waals surface area contributed by atoms with E-state index in [0.717, 1.165) is 13.8 Å². The van der Waals surface area contributed by atoms with Gasteiger partial charge in [0.15, 0.2) is 24.6 Å². The van der Waals surface area contributed by atoms with Crippen molar-refractivity contribution in [2.24, 2.45) is 0 Å². The minimum atomic E-state index is -1.30. The van der Waals surface area contributed by atoms with E-state index in [2.05, 4.69) is 0 Å². The van der Waals surface area contributed by atoms with E-state index in [-0.39, 0.29) is 12.5 Å². The molecule has 0 unspecified atom stereocenters. The van der Waals surface area contributed by atoms with Gasteiger partial charge in [-0.05, 0) is 19.9 Å². The molecule has 1 fully saturated rings. The van der Waals surface area contributed by atoms with Gasteiger partial charge in [0, 0.05) is 46.9 Å². The molecule has 36 heavy (non-hydrogen) atoms. The van der Waals surface area contributed by atoms with Crippen LogP contribution in [0.5, 0.6) is 0 Å². The Morgan fingerprint density at radius 1 is 0.861 bits per heavy atom. The van der Waals surface area contributed by atoms with Crippen LogP contribution < -0.4 is 4.57 Å². The quantitative estimate of drug-likeness (QED) is 0.266. The second-order valence-corrected chi connectivity index (χ2v) is 8.11. The minimum Gasteiger partial charge on any atom is -0.463 e. The lowest BCUT2D eigenvalue weighted by Gasteiger charge is -2.41. The fourth-order valence-corrected chi connectivity index (χ4v) is 3.92. The van der Waals surface area contributed by atoms with Crippen molar-refractivity contribution >= 4 is 29.8 Å². The largest absolute Gasteiger partial charge is 0.463 e. The number of carbonyl (C=O) groups excluding carboxylic acids is 5. The zero-order valence-corrected chi connectivity index (χ0v) is 21.3. The first kappa shape index (κ1) is 28.7. The van der Waals surface area contributed by atoms with Gasteiger partial charge >= 0.3 is 30.1 Å². The number of nitrogens with zero attached hydrogens (tertiary/aromatic N) is 2. The van der Waals surface area contributed by atoms with Crippen molar-refractivity contribution in [2.45, 2.75) is 72.2 Å². The Kier molecular flexibility index (Phi) is 10.3. The molecule has 2 rings (SSSR count). The lowest BCUT2D eigenvalue weighted by molar-refractivity contribution is -0.777. The monoisotopic (exact) mass is 509 g/mol. The highest BCUT2D eigenvalue weighted by molar-refractivity contribution is 5.93. The third kappa shape index (κ3) is 7.48. The fourth-order valence-electron chi connectivity index (χ4n) is 3.92. The van der Waals surface area contributed by atoms with Gasteiger partial charge in [-0.25, -0.2) is 0 Å². The summed E-state index contributed by atoms with van der Waals surface area (Å²) in [6.07, 6.45) is -2.95. The van der Waals surface area contributed by atoms with Gasteiger partial charge in [-0.15, -0.1) is 0 Å². The second-order valence-electron chi connectivity index (χ2n) is 8.11. The molecule has 2 heterocycles. The normalized spacial score (nSPS) is 23.2. The van der Waals surface area contributed by atoms with E-state index in [1.54, 1.807) is 23.2 Å². The van der Waals surface area contributed by atoms with Crippen LogP contribution in [0.25, 0.3) is 0 Å². The summed E-state index contributed by atoms with van der Waals surface area (Å²) >= 11 is 0. The van der Waals surface area contributed by atoms with E-state index in [1.165, 1.54) is 24.6 Å². The van der Waals surface area contributed by atoms with Crippen LogP contribution in [0.4, 0.5) is 0 Å². The van der Waals surface area contributed by atoms with Crippen molar-refractivity contribution < 1.29 is 52.2 Å². The van der Waals surface area contributed by atoms with Gasteiger partial charge in [-0.3, -0.25) is 24.0 Å². The van der Waals surface area contributed by atoms with Crippen molar-refractivity contribution in [3.8, 4) is 0 Å². The molecule has 1 aromatic heterocycles. The van der Waals surface area contributed by atoms with Gasteiger partial charge in [-0.2, -0.15) is 4.57 Å². The number of ether oxygens (including phenoxy) is 5. The molecule has 1 aliphatic heterocycles. The fraction of sp³-hybridized carbons (Fsp3) is 0.583. The van der Waals surface area contributed by atoms with E-state index in [1.807, 2.05) is 13.8 Å². The molecule has 0 aliphatic carbocycles. The maximum absolute atomic E-state index is 12.9. The molecule has 5 atom stereocenters. The number of hydrogen-bond donors (Lipinski definition) is 0. The van der Waals surface area contributed by atoms with Crippen molar-refractivity contribution in [1.29, 1.82) is 0 Å². The first-order valence-corrected chi connectivity index (χ1v) is 11.6. The third-order valence-corrected chi connectivity index (χ3v) is 5.38. The average Bonchev–Trinajstić information content (AvgIpc) is 2.80. The van der Waals surface area contributed by atoms with E-state index < -0.39 is 54.5 Å². The van der Waals surface area contributed by atoms with Gasteiger partial charge in [0.1, 0.15) is 18.3 Å². The van der Waals surface area contributed by atoms with Gasteiger partial charge in [0.25, 0.3) is 5.91 Å². The Labute approximate surface area is 209 Å². The topological polar surface area (TPSA) is 139 Å². The first-order chi connectivity index (χ1) is 17.0. The molecule has 0 aromatic carbocycles. The Balaban J connectivity index is 2.59. The van der Waals surface area contributed by atoms with Crippen molar-refractivity contribution in [2.75, 3.05) is 19.7 Å². The van der Waals surface area contributed by atoms with E-state index in [9.17, 15) is 24.0 Å². The smallest absolute Gasteiger partial charge is 0.304 e. The summed E-state index contributed by atoms with van der Waals surface area (Å²) in [4.78, 5) is 61.9. The van der Waals surface area contributed by atoms with Crippen molar-refractivity contribution in [1.82, 2.24) is 4.90 Å². The highest BCUT2D eigenvalue weighted by Gasteiger charge is 2.56. The Morgan fingerprint density at radius 3 is 1.94 bits per heavy atom. The SMILES string of the molecule is CCN(CC)C(=O)c1ccc[n+]([C@H]2O[C@@H](COC(C)=O)[C@@H](OC(C)=O)[C@@H](OC(C)=O)[C@@H]2OC(C)=O)c1. The number of pyridine rings is 1. The molecule has 1 amide bonds. The average molecular weight is 510 g/mol. The summed E-state index contributed by atoms with van der Waals surface area (Å²) in [6, 6.07) is 3.24. The second kappa shape index (κ2) is 13.0. The van der Waals surface area contributed by atoms with Crippen molar-refractivity contribution in [3.05, 3.63) is 30.1 Å². The molecular weight excluding hydrogens is 476 g/mol. The summed E-state index contributed by atoms with van der Waals surface area (Å²) in [5.41, 5.74) is 0.342. The van der Waals surface area contributed by atoms with E-state index in [0.29, 0.717) is 18.7 Å². The van der Waals surface area contributed by atoms with Gasteiger partial charge in [-0.1, -0.05) is 0 Å². The maximum Gasteiger partial charge on any atom is 0.304 e. The Bertz CT molecular complexity index is 977. The summed E-state index contributed by atoms with van der Waals surface area (Å²) in [5.74, 6) is -2.98. The molecule has 0 spiro atoms. The van der Waals surface area contributed by atoms with E-state index >= 15 is 0 Å². The number of carbonyl (C=O) groups is 5. The number of rotatable bonds is 9. The van der Waals surface area contributed by atoms with Crippen LogP contribution in [-0.4, -0.2) is 78.8 Å². The molecule has 198 valence electrons. The van der Waals surface area contributed by atoms with Crippen LogP contribution in [-0.2, 0) is 42.9 Å². The van der Waals surface area contributed by atoms with Crippen LogP contribution in [0.1, 0.15) is 58.1 Å². The summed E-state index contributed by atoms with van der Waals surface area (Å²) in [7, 11) is 0. The molecule has 12 heteroatoms. The molecule has 0 radical (unpaired) electrons. The Morgan fingerprint density at radius 2 is 1.42 bits per heavy atom. The summed E-state index contributed by atoms with van der Waals surface area (Å²) < 4.78 is 29.0. The van der Waals surface area contributed by atoms with Gasteiger partial charge in [0.05, 0.1) is 0 Å². The lowest BCUT2D eigenvalue weighted by atomic mass is 9.97. The van der Waals surface area contributed by atoms with Crippen LogP contribution in [0.15, 0.2) is 24.5 Å². The standard InChI is InChI=1S/C24H33N2O10/c1-7-25(8-2)23(31)18-10-9-11-26(12-18)24-22(35-17(6)30)21(34-16(5)29)20(33-15(4)28)19(36-24)13-32-14(3)27/h9-12,19-22,24H,7-8,13H2,1-6H3/q+1/t19-,20+,21+,22-,24-/m0/s1. The predicted molar refractivity (Wildman–Crippen MR) is 121 cm³/mol. The number of amides is 1. The first-order valence-electron chi connectivity index (χ1n) is 11.6. The number of esters is 4. The molecule has 1 aromatic rings. The minimum absolute atomic E-state index is 0.222. The van der Waals surface area contributed by atoms with E-state index in [4.69, 9.17) is 23.7 Å². The highest BCUT2D eigenvalue weighted by atomic mass is 16.7.